The highest BCUT2D eigenvalue weighted by molar-refractivity contribution is 7.99. The van der Waals surface area contributed by atoms with E-state index < -0.39 is 18.1 Å². The molecule has 9 nitrogen and oxygen atoms in total. The number of unbranched alkanes of at least 4 members (excludes halogenated alkanes) is 15. The van der Waals surface area contributed by atoms with E-state index in [1.807, 2.05) is 0 Å². The minimum absolute atomic E-state index is 0.124. The van der Waals surface area contributed by atoms with Gasteiger partial charge in [0.25, 0.3) is 0 Å². The van der Waals surface area contributed by atoms with Crippen LogP contribution >= 0.6 is 11.8 Å². The molecule has 4 N–H and O–H groups in total. The van der Waals surface area contributed by atoms with Crippen molar-refractivity contribution in [3.05, 3.63) is 0 Å². The Kier molecular flexibility index (Phi) is 30.9. The van der Waals surface area contributed by atoms with Crippen molar-refractivity contribution in [2.45, 2.75) is 167 Å². The van der Waals surface area contributed by atoms with Gasteiger partial charge in [0, 0.05) is 12.8 Å². The number of thioether (sulfide) groups is 1. The van der Waals surface area contributed by atoms with Crippen molar-refractivity contribution >= 4 is 35.5 Å². The third-order valence-corrected chi connectivity index (χ3v) is 9.06. The van der Waals surface area contributed by atoms with E-state index >= 15 is 0 Å². The molecule has 0 aliphatic carbocycles. The van der Waals surface area contributed by atoms with Crippen molar-refractivity contribution in [3.8, 4) is 0 Å². The molecule has 0 aromatic rings. The number of methoxy groups -OCH3 is 1. The van der Waals surface area contributed by atoms with Gasteiger partial charge in [-0.1, -0.05) is 110 Å². The van der Waals surface area contributed by atoms with Crippen LogP contribution < -0.4 is 16.4 Å². The van der Waals surface area contributed by atoms with Gasteiger partial charge in [0.05, 0.1) is 13.7 Å². The monoisotopic (exact) mass is 657 g/mol. The van der Waals surface area contributed by atoms with E-state index in [0.29, 0.717) is 38.2 Å². The maximum atomic E-state index is 13.0. The highest BCUT2D eigenvalue weighted by atomic mass is 32.2. The average Bonchev–Trinajstić information content (AvgIpc) is 3.04. The van der Waals surface area contributed by atoms with Crippen molar-refractivity contribution in [1.29, 1.82) is 0 Å². The average molecular weight is 658 g/mol. The summed E-state index contributed by atoms with van der Waals surface area (Å²) < 4.78 is 10.3. The van der Waals surface area contributed by atoms with Gasteiger partial charge in [0.2, 0.25) is 11.8 Å². The summed E-state index contributed by atoms with van der Waals surface area (Å²) in [5.41, 5.74) is 5.54. The first-order valence-electron chi connectivity index (χ1n) is 18.0. The fourth-order valence-electron chi connectivity index (χ4n) is 5.08. The van der Waals surface area contributed by atoms with Crippen LogP contribution in [-0.2, 0) is 28.7 Å². The molecule has 0 aromatic heterocycles. The summed E-state index contributed by atoms with van der Waals surface area (Å²) in [7, 11) is 1.30. The minimum atomic E-state index is -0.756. The van der Waals surface area contributed by atoms with E-state index in [4.69, 9.17) is 15.2 Å². The smallest absolute Gasteiger partial charge is 0.328 e. The predicted octanol–water partition coefficient (Wildman–Crippen LogP) is 6.99. The molecule has 264 valence electrons. The van der Waals surface area contributed by atoms with Crippen molar-refractivity contribution in [2.75, 3.05) is 31.8 Å². The number of rotatable bonds is 32. The van der Waals surface area contributed by atoms with Crippen molar-refractivity contribution in [2.24, 2.45) is 5.73 Å². The molecule has 0 saturated heterocycles. The molecule has 0 saturated carbocycles. The molecular weight excluding hydrogens is 590 g/mol. The molecule has 0 fully saturated rings. The van der Waals surface area contributed by atoms with Crippen molar-refractivity contribution in [3.63, 3.8) is 0 Å². The van der Waals surface area contributed by atoms with Crippen LogP contribution in [0.3, 0.4) is 0 Å². The molecule has 0 aromatic carbocycles. The summed E-state index contributed by atoms with van der Waals surface area (Å²) in [6, 6.07) is -1.49. The Morgan fingerprint density at radius 1 is 0.667 bits per heavy atom. The zero-order valence-corrected chi connectivity index (χ0v) is 29.8. The number of nitrogens with two attached hydrogens (primary N) is 1. The lowest BCUT2D eigenvalue weighted by Gasteiger charge is -2.22. The first-order valence-corrected chi connectivity index (χ1v) is 19.2. The molecule has 2 amide bonds. The summed E-state index contributed by atoms with van der Waals surface area (Å²) in [4.78, 5) is 49.3. The van der Waals surface area contributed by atoms with E-state index in [2.05, 4.69) is 17.6 Å². The van der Waals surface area contributed by atoms with Gasteiger partial charge in [-0.05, 0) is 50.2 Å². The number of hydrogen-bond acceptors (Lipinski definition) is 8. The number of amides is 2. The van der Waals surface area contributed by atoms with Gasteiger partial charge >= 0.3 is 11.9 Å². The summed E-state index contributed by atoms with van der Waals surface area (Å²) in [6.07, 6.45) is 22.9. The molecule has 0 aliphatic rings. The molecule has 0 rings (SSSR count). The third kappa shape index (κ3) is 27.1. The normalized spacial score (nSPS) is 12.4. The lowest BCUT2D eigenvalue weighted by atomic mass is 10.0. The molecule has 0 heterocycles. The van der Waals surface area contributed by atoms with Crippen LogP contribution in [0.4, 0.5) is 0 Å². The van der Waals surface area contributed by atoms with E-state index in [1.54, 1.807) is 18.7 Å². The van der Waals surface area contributed by atoms with E-state index in [0.717, 1.165) is 44.3 Å². The van der Waals surface area contributed by atoms with E-state index in [-0.39, 0.29) is 24.2 Å². The fourth-order valence-corrected chi connectivity index (χ4v) is 6.01. The van der Waals surface area contributed by atoms with Crippen LogP contribution in [0.2, 0.25) is 0 Å². The predicted molar refractivity (Wildman–Crippen MR) is 186 cm³/mol. The zero-order valence-electron chi connectivity index (χ0n) is 29.0. The summed E-state index contributed by atoms with van der Waals surface area (Å²) in [6.45, 7) is 4.97. The number of carbonyl (C=O) groups excluding carboxylic acids is 4. The standard InChI is InChI=1S/C35H67N3O6S/c1-4-6-7-8-9-10-11-12-13-14-15-16-17-20-24-33(40)44-27-22-28-45-29-25-30(37-32(39)5-2)34(41)38-31(35(42)43-3)23-19-18-21-26-36/h30-31H,4-29,36H2,1-3H3,(H,37,39)(H,38,41). The number of nitrogens with one attached hydrogen (secondary N) is 2. The fraction of sp³-hybridized carbons (Fsp3) is 0.886. The number of carbonyl (C=O) groups is 4. The number of hydrogen-bond donors (Lipinski definition) is 3. The van der Waals surface area contributed by atoms with E-state index in [1.165, 1.54) is 84.2 Å². The molecule has 0 spiro atoms. The quantitative estimate of drug-likeness (QED) is 0.0520. The Labute approximate surface area is 279 Å². The summed E-state index contributed by atoms with van der Waals surface area (Å²) in [5, 5.41) is 5.54. The van der Waals surface area contributed by atoms with Gasteiger partial charge < -0.3 is 25.8 Å². The Bertz CT molecular complexity index is 755. The van der Waals surface area contributed by atoms with Gasteiger partial charge in [-0.25, -0.2) is 4.79 Å². The Hall–Kier alpha value is -1.81. The zero-order chi connectivity index (χ0) is 33.4. The number of esters is 2. The van der Waals surface area contributed by atoms with E-state index in [9.17, 15) is 19.2 Å². The molecule has 10 heteroatoms. The minimum Gasteiger partial charge on any atom is -0.467 e. The lowest BCUT2D eigenvalue weighted by Crippen LogP contribution is -2.52. The Morgan fingerprint density at radius 2 is 1.24 bits per heavy atom. The molecule has 2 unspecified atom stereocenters. The van der Waals surface area contributed by atoms with Gasteiger partial charge in [0.15, 0.2) is 0 Å². The molecule has 0 radical (unpaired) electrons. The maximum Gasteiger partial charge on any atom is 0.328 e. The molecular formula is C35H67N3O6S. The second-order valence-corrected chi connectivity index (χ2v) is 13.2. The molecule has 2 atom stereocenters. The van der Waals surface area contributed by atoms with Gasteiger partial charge in [-0.3, -0.25) is 14.4 Å². The van der Waals surface area contributed by atoms with Crippen LogP contribution in [0.1, 0.15) is 155 Å². The van der Waals surface area contributed by atoms with Gasteiger partial charge in [-0.2, -0.15) is 11.8 Å². The first kappa shape index (κ1) is 43.2. The molecule has 0 bridgehead atoms. The van der Waals surface area contributed by atoms with Crippen LogP contribution in [-0.4, -0.2) is 67.6 Å². The number of ether oxygens (including phenoxy) is 2. The SMILES string of the molecule is CCCCCCCCCCCCCCCCC(=O)OCCCSCCC(NC(=O)CC)C(=O)NC(CCCCCN)C(=O)OC. The van der Waals surface area contributed by atoms with Crippen molar-refractivity contribution in [1.82, 2.24) is 10.6 Å². The summed E-state index contributed by atoms with van der Waals surface area (Å²) >= 11 is 1.65. The van der Waals surface area contributed by atoms with Crippen LogP contribution in [0.15, 0.2) is 0 Å². The molecule has 0 aliphatic heterocycles. The first-order chi connectivity index (χ1) is 21.9. The van der Waals surface area contributed by atoms with Crippen LogP contribution in [0, 0.1) is 0 Å². The largest absolute Gasteiger partial charge is 0.467 e. The lowest BCUT2D eigenvalue weighted by molar-refractivity contribution is -0.145. The second-order valence-electron chi connectivity index (χ2n) is 12.0. The topological polar surface area (TPSA) is 137 Å². The van der Waals surface area contributed by atoms with Gasteiger partial charge in [0.1, 0.15) is 12.1 Å². The van der Waals surface area contributed by atoms with Gasteiger partial charge in [-0.15, -0.1) is 0 Å². The van der Waals surface area contributed by atoms with Crippen LogP contribution in [0.5, 0.6) is 0 Å². The highest BCUT2D eigenvalue weighted by Crippen LogP contribution is 2.14. The summed E-state index contributed by atoms with van der Waals surface area (Å²) in [5.74, 6) is 0.210. The highest BCUT2D eigenvalue weighted by Gasteiger charge is 2.26. The van der Waals surface area contributed by atoms with Crippen molar-refractivity contribution < 1.29 is 28.7 Å². The molecule has 45 heavy (non-hydrogen) atoms. The van der Waals surface area contributed by atoms with Crippen LogP contribution in [0.25, 0.3) is 0 Å². The third-order valence-electron chi connectivity index (χ3n) is 7.95. The Balaban J connectivity index is 4.02. The second kappa shape index (κ2) is 32.1. The Morgan fingerprint density at radius 3 is 1.80 bits per heavy atom. The maximum absolute atomic E-state index is 13.0.